The van der Waals surface area contributed by atoms with Gasteiger partial charge in [0.05, 0.1) is 5.92 Å². The Kier molecular flexibility index (Phi) is 6.16. The maximum atomic E-state index is 13.0. The lowest BCUT2D eigenvalue weighted by Crippen LogP contribution is -2.48. The number of esters is 1. The van der Waals surface area contributed by atoms with Crippen LogP contribution in [0.25, 0.3) is 0 Å². The van der Waals surface area contributed by atoms with Crippen LogP contribution >= 0.6 is 0 Å². The third-order valence-corrected chi connectivity index (χ3v) is 6.58. The molecule has 0 bridgehead atoms. The highest BCUT2D eigenvalue weighted by Crippen LogP contribution is 2.42. The molecule has 3 fully saturated rings. The van der Waals surface area contributed by atoms with Crippen LogP contribution in [0.4, 0.5) is 5.69 Å². The van der Waals surface area contributed by atoms with E-state index in [0.717, 1.165) is 38.2 Å². The summed E-state index contributed by atoms with van der Waals surface area (Å²) in [6.07, 6.45) is 6.72. The van der Waals surface area contributed by atoms with Crippen LogP contribution in [-0.4, -0.2) is 36.9 Å². The van der Waals surface area contributed by atoms with E-state index < -0.39 is 5.60 Å². The molecule has 2 aliphatic heterocycles. The number of hydrogen-bond donors (Lipinski definition) is 2. The minimum absolute atomic E-state index is 0.0290. The fourth-order valence-electron chi connectivity index (χ4n) is 5.15. The van der Waals surface area contributed by atoms with Crippen LogP contribution in [0.2, 0.25) is 0 Å². The van der Waals surface area contributed by atoms with E-state index in [9.17, 15) is 4.79 Å². The predicted molar refractivity (Wildman–Crippen MR) is 115 cm³/mol. The van der Waals surface area contributed by atoms with E-state index in [2.05, 4.69) is 34.9 Å². The summed E-state index contributed by atoms with van der Waals surface area (Å²) in [6, 6.07) is 9.69. The number of anilines is 1. The fraction of sp³-hybridized carbons (Fsp3) is 0.708. The van der Waals surface area contributed by atoms with Gasteiger partial charge in [0.1, 0.15) is 5.60 Å². The number of hydrogen-bond acceptors (Lipinski definition) is 5. The van der Waals surface area contributed by atoms with Crippen LogP contribution in [0.15, 0.2) is 24.3 Å². The Morgan fingerprint density at radius 3 is 2.52 bits per heavy atom. The molecular formula is C24H36N2O3. The lowest BCUT2D eigenvalue weighted by atomic mass is 9.78. The van der Waals surface area contributed by atoms with Gasteiger partial charge in [-0.25, -0.2) is 0 Å². The molecule has 0 spiro atoms. The summed E-state index contributed by atoms with van der Waals surface area (Å²) >= 11 is 0. The zero-order chi connectivity index (χ0) is 20.4. The topological polar surface area (TPSA) is 59.6 Å². The number of fused-ring (bicyclic) bond motifs is 1. The first-order chi connectivity index (χ1) is 13.9. The molecule has 4 rings (SSSR count). The molecule has 160 valence electrons. The highest BCUT2D eigenvalue weighted by molar-refractivity contribution is 5.74. The van der Waals surface area contributed by atoms with Crippen molar-refractivity contribution in [3.8, 4) is 0 Å². The average molecular weight is 401 g/mol. The van der Waals surface area contributed by atoms with Gasteiger partial charge in [0.25, 0.3) is 0 Å². The summed E-state index contributed by atoms with van der Waals surface area (Å²) in [5.41, 5.74) is 1.87. The first-order valence-corrected chi connectivity index (χ1v) is 11.3. The SMILES string of the molecule is CC(C)(C)OC(=O)[C@@H]1C[C@H]2CCC[C@H]2N[C@H]1c1ccc(NC2CCOCC2)cc1. The zero-order valence-electron chi connectivity index (χ0n) is 18.1. The Morgan fingerprint density at radius 2 is 1.83 bits per heavy atom. The third kappa shape index (κ3) is 5.13. The Hall–Kier alpha value is -1.59. The normalized spacial score (nSPS) is 30.6. The Morgan fingerprint density at radius 1 is 1.10 bits per heavy atom. The summed E-state index contributed by atoms with van der Waals surface area (Å²) in [5.74, 6) is 0.408. The molecule has 1 saturated carbocycles. The van der Waals surface area contributed by atoms with Crippen LogP contribution in [0.3, 0.4) is 0 Å². The molecule has 0 unspecified atom stereocenters. The molecule has 0 radical (unpaired) electrons. The standard InChI is InChI=1S/C24H36N2O3/c1-24(2,3)29-23(27)20-15-17-5-4-6-21(17)26-22(20)16-7-9-18(10-8-16)25-19-11-13-28-14-12-19/h7-10,17,19-22,25-26H,4-6,11-15H2,1-3H3/t17-,20-,21-,22+/m1/s1. The first-order valence-electron chi connectivity index (χ1n) is 11.3. The Labute approximate surface area is 174 Å². The van der Waals surface area contributed by atoms with Crippen molar-refractivity contribution in [2.75, 3.05) is 18.5 Å². The van der Waals surface area contributed by atoms with Gasteiger partial charge < -0.3 is 20.1 Å². The molecule has 4 atom stereocenters. The van der Waals surface area contributed by atoms with Gasteiger partial charge in [-0.05, 0) is 76.5 Å². The third-order valence-electron chi connectivity index (χ3n) is 6.58. The first kappa shape index (κ1) is 20.7. The predicted octanol–water partition coefficient (Wildman–Crippen LogP) is 4.44. The van der Waals surface area contributed by atoms with Crippen molar-refractivity contribution in [2.24, 2.45) is 11.8 Å². The van der Waals surface area contributed by atoms with E-state index >= 15 is 0 Å². The number of piperidine rings is 1. The van der Waals surface area contributed by atoms with Crippen LogP contribution in [-0.2, 0) is 14.3 Å². The Bertz CT molecular complexity index is 691. The quantitative estimate of drug-likeness (QED) is 0.732. The molecule has 3 aliphatic rings. The lowest BCUT2D eigenvalue weighted by molar-refractivity contribution is -0.163. The molecule has 5 nitrogen and oxygen atoms in total. The lowest BCUT2D eigenvalue weighted by Gasteiger charge is -2.40. The molecule has 5 heteroatoms. The average Bonchev–Trinajstić information content (AvgIpc) is 3.15. The smallest absolute Gasteiger partial charge is 0.311 e. The molecule has 1 aromatic carbocycles. The molecule has 1 aromatic rings. The number of rotatable bonds is 4. The monoisotopic (exact) mass is 400 g/mol. The van der Waals surface area contributed by atoms with Gasteiger partial charge in [-0.15, -0.1) is 0 Å². The maximum absolute atomic E-state index is 13.0. The Balaban J connectivity index is 1.49. The van der Waals surface area contributed by atoms with Crippen LogP contribution in [0, 0.1) is 11.8 Å². The fourth-order valence-corrected chi connectivity index (χ4v) is 5.15. The minimum Gasteiger partial charge on any atom is -0.460 e. The van der Waals surface area contributed by atoms with E-state index in [1.807, 2.05) is 20.8 Å². The highest BCUT2D eigenvalue weighted by Gasteiger charge is 2.44. The summed E-state index contributed by atoms with van der Waals surface area (Å²) < 4.78 is 11.2. The number of ether oxygens (including phenoxy) is 2. The van der Waals surface area contributed by atoms with Gasteiger partial charge in [0, 0.05) is 37.0 Å². The number of nitrogens with one attached hydrogen (secondary N) is 2. The molecule has 2 heterocycles. The summed E-state index contributed by atoms with van der Waals surface area (Å²) in [4.78, 5) is 13.0. The van der Waals surface area contributed by atoms with Crippen molar-refractivity contribution >= 4 is 11.7 Å². The van der Waals surface area contributed by atoms with Gasteiger partial charge in [-0.1, -0.05) is 18.6 Å². The largest absolute Gasteiger partial charge is 0.460 e. The van der Waals surface area contributed by atoms with E-state index in [-0.39, 0.29) is 17.9 Å². The van der Waals surface area contributed by atoms with Crippen molar-refractivity contribution in [3.63, 3.8) is 0 Å². The van der Waals surface area contributed by atoms with Crippen LogP contribution in [0.1, 0.15) is 70.9 Å². The maximum Gasteiger partial charge on any atom is 0.311 e. The van der Waals surface area contributed by atoms with Crippen molar-refractivity contribution in [1.82, 2.24) is 5.32 Å². The van der Waals surface area contributed by atoms with Crippen molar-refractivity contribution < 1.29 is 14.3 Å². The summed E-state index contributed by atoms with van der Waals surface area (Å²) in [5, 5.41) is 7.43. The highest BCUT2D eigenvalue weighted by atomic mass is 16.6. The number of carbonyl (C=O) groups excluding carboxylic acids is 1. The van der Waals surface area contributed by atoms with Gasteiger partial charge >= 0.3 is 5.97 Å². The molecule has 1 aliphatic carbocycles. The molecule has 2 N–H and O–H groups in total. The van der Waals surface area contributed by atoms with Crippen molar-refractivity contribution in [3.05, 3.63) is 29.8 Å². The van der Waals surface area contributed by atoms with Crippen LogP contribution in [0.5, 0.6) is 0 Å². The van der Waals surface area contributed by atoms with E-state index in [1.165, 1.54) is 24.8 Å². The van der Waals surface area contributed by atoms with Gasteiger partial charge in [-0.3, -0.25) is 4.79 Å². The molecule has 0 aromatic heterocycles. The van der Waals surface area contributed by atoms with Gasteiger partial charge in [-0.2, -0.15) is 0 Å². The summed E-state index contributed by atoms with van der Waals surface area (Å²) in [6.45, 7) is 7.52. The second kappa shape index (κ2) is 8.65. The molecule has 0 amide bonds. The summed E-state index contributed by atoms with van der Waals surface area (Å²) in [7, 11) is 0. The second-order valence-corrected chi connectivity index (χ2v) is 9.97. The molecule has 29 heavy (non-hydrogen) atoms. The van der Waals surface area contributed by atoms with E-state index in [4.69, 9.17) is 9.47 Å². The number of carbonyl (C=O) groups is 1. The van der Waals surface area contributed by atoms with Crippen molar-refractivity contribution in [2.45, 2.75) is 83.0 Å². The van der Waals surface area contributed by atoms with Gasteiger partial charge in [0.2, 0.25) is 0 Å². The van der Waals surface area contributed by atoms with Gasteiger partial charge in [0.15, 0.2) is 0 Å². The van der Waals surface area contributed by atoms with E-state index in [0.29, 0.717) is 18.0 Å². The van der Waals surface area contributed by atoms with E-state index in [1.54, 1.807) is 0 Å². The minimum atomic E-state index is -0.453. The molecular weight excluding hydrogens is 364 g/mol. The van der Waals surface area contributed by atoms with Crippen molar-refractivity contribution in [1.29, 1.82) is 0 Å². The van der Waals surface area contributed by atoms with Crippen LogP contribution < -0.4 is 10.6 Å². The second-order valence-electron chi connectivity index (χ2n) is 9.97. The zero-order valence-corrected chi connectivity index (χ0v) is 18.1. The molecule has 2 saturated heterocycles. The number of benzene rings is 1.